The molecule has 3 heteroatoms. The Morgan fingerprint density at radius 2 is 2.00 bits per heavy atom. The van der Waals surface area contributed by atoms with E-state index in [1.165, 1.54) is 11.3 Å². The van der Waals surface area contributed by atoms with Gasteiger partial charge in [-0.2, -0.15) is 0 Å². The molecule has 0 radical (unpaired) electrons. The molecule has 0 aliphatic rings. The second-order valence-electron chi connectivity index (χ2n) is 2.90. The number of hydrogen-bond donors (Lipinski definition) is 1. The quantitative estimate of drug-likeness (QED) is 0.793. The second kappa shape index (κ2) is 4.94. The van der Waals surface area contributed by atoms with Crippen LogP contribution in [0.4, 0.5) is 0 Å². The Morgan fingerprint density at radius 3 is 2.53 bits per heavy atom. The number of carboxylic acids is 1. The lowest BCUT2D eigenvalue weighted by Crippen LogP contribution is -1.89. The zero-order valence-corrected chi connectivity index (χ0v) is 9.89. The summed E-state index contributed by atoms with van der Waals surface area (Å²) in [5.41, 5.74) is 1.13. The minimum Gasteiger partial charge on any atom is -0.477 e. The number of rotatable bonds is 1. The summed E-state index contributed by atoms with van der Waals surface area (Å²) in [4.78, 5) is 11.1. The maximum Gasteiger partial charge on any atom is 0.345 e. The summed E-state index contributed by atoms with van der Waals surface area (Å²) in [5.74, 6) is -0.847. The van der Waals surface area contributed by atoms with Gasteiger partial charge in [-0.25, -0.2) is 4.79 Å². The van der Waals surface area contributed by atoms with Crippen LogP contribution in [0, 0.1) is 6.92 Å². The van der Waals surface area contributed by atoms with E-state index in [-0.39, 0.29) is 0 Å². The van der Waals surface area contributed by atoms with Gasteiger partial charge < -0.3 is 5.11 Å². The van der Waals surface area contributed by atoms with Gasteiger partial charge in [0, 0.05) is 4.70 Å². The van der Waals surface area contributed by atoms with Crippen molar-refractivity contribution >= 4 is 27.4 Å². The highest BCUT2D eigenvalue weighted by Gasteiger charge is 2.08. The van der Waals surface area contributed by atoms with Crippen molar-refractivity contribution in [3.8, 4) is 0 Å². The molecule has 0 aliphatic heterocycles. The van der Waals surface area contributed by atoms with Crippen LogP contribution in [0.25, 0.3) is 10.1 Å². The summed E-state index contributed by atoms with van der Waals surface area (Å²) in [6.45, 7) is 5.99. The molecule has 0 saturated carbocycles. The van der Waals surface area contributed by atoms with E-state index in [1.54, 1.807) is 6.07 Å². The smallest absolute Gasteiger partial charge is 0.345 e. The third kappa shape index (κ3) is 2.36. The summed E-state index contributed by atoms with van der Waals surface area (Å²) in [6, 6.07) is 7.61. The summed E-state index contributed by atoms with van der Waals surface area (Å²) < 4.78 is 1.04. The van der Waals surface area contributed by atoms with Crippen molar-refractivity contribution in [2.24, 2.45) is 0 Å². The number of hydrogen-bond acceptors (Lipinski definition) is 2. The number of fused-ring (bicyclic) bond motifs is 1. The molecule has 0 atom stereocenters. The molecule has 80 valence electrons. The fraction of sp³-hybridized carbons (Fsp3) is 0.250. The van der Waals surface area contributed by atoms with E-state index < -0.39 is 5.97 Å². The maximum absolute atomic E-state index is 10.7. The molecule has 1 aromatic heterocycles. The van der Waals surface area contributed by atoms with Gasteiger partial charge in [0.25, 0.3) is 0 Å². The van der Waals surface area contributed by atoms with E-state index in [9.17, 15) is 4.79 Å². The number of aromatic carboxylic acids is 1. The Balaban J connectivity index is 0.000000531. The average molecular weight is 222 g/mol. The lowest BCUT2D eigenvalue weighted by molar-refractivity contribution is 0.0702. The third-order valence-corrected chi connectivity index (χ3v) is 3.08. The van der Waals surface area contributed by atoms with Gasteiger partial charge >= 0.3 is 5.97 Å². The zero-order chi connectivity index (χ0) is 11.4. The number of carbonyl (C=O) groups is 1. The summed E-state index contributed by atoms with van der Waals surface area (Å²) in [5, 5.41) is 9.83. The Morgan fingerprint density at radius 1 is 1.33 bits per heavy atom. The number of carboxylic acid groups (broad SMARTS) is 1. The molecule has 2 aromatic rings. The Labute approximate surface area is 93.2 Å². The highest BCUT2D eigenvalue weighted by atomic mass is 32.1. The van der Waals surface area contributed by atoms with Crippen molar-refractivity contribution in [1.82, 2.24) is 0 Å². The Bertz CT molecular complexity index is 471. The number of benzene rings is 1. The third-order valence-electron chi connectivity index (χ3n) is 1.99. The van der Waals surface area contributed by atoms with Gasteiger partial charge in [0.2, 0.25) is 0 Å². The molecule has 0 spiro atoms. The molecular formula is C12H14O2S. The van der Waals surface area contributed by atoms with E-state index in [4.69, 9.17) is 5.11 Å². The fourth-order valence-corrected chi connectivity index (χ4v) is 2.29. The molecule has 0 fully saturated rings. The zero-order valence-electron chi connectivity index (χ0n) is 9.07. The average Bonchev–Trinajstić information content (AvgIpc) is 2.66. The van der Waals surface area contributed by atoms with Gasteiger partial charge in [-0.15, -0.1) is 11.3 Å². The first kappa shape index (κ1) is 11.7. The lowest BCUT2D eigenvalue weighted by atomic mass is 10.1. The summed E-state index contributed by atoms with van der Waals surface area (Å²) in [6.07, 6.45) is 0. The monoisotopic (exact) mass is 222 g/mol. The molecule has 0 bridgehead atoms. The number of aryl methyl sites for hydroxylation is 1. The molecule has 1 aromatic carbocycles. The van der Waals surface area contributed by atoms with Crippen LogP contribution < -0.4 is 0 Å². The molecule has 0 aliphatic carbocycles. The van der Waals surface area contributed by atoms with Crippen molar-refractivity contribution in [1.29, 1.82) is 0 Å². The van der Waals surface area contributed by atoms with Crippen LogP contribution in [0.3, 0.4) is 0 Å². The van der Waals surface area contributed by atoms with E-state index in [0.717, 1.165) is 15.6 Å². The van der Waals surface area contributed by atoms with Crippen LogP contribution in [0.2, 0.25) is 0 Å². The molecular weight excluding hydrogens is 208 g/mol. The van der Waals surface area contributed by atoms with Crippen LogP contribution in [-0.2, 0) is 0 Å². The standard InChI is InChI=1S/C10H8O2S.C2H6/c1-6-3-2-4-8-7(6)5-9(13-8)10(11)12;1-2/h2-5H,1H3,(H,11,12);1-2H3. The van der Waals surface area contributed by atoms with E-state index in [1.807, 2.05) is 39.0 Å². The van der Waals surface area contributed by atoms with Crippen LogP contribution in [-0.4, -0.2) is 11.1 Å². The van der Waals surface area contributed by atoms with E-state index in [0.29, 0.717) is 4.88 Å². The maximum atomic E-state index is 10.7. The predicted octanol–water partition coefficient (Wildman–Crippen LogP) is 3.93. The van der Waals surface area contributed by atoms with Gasteiger partial charge in [0.1, 0.15) is 4.88 Å². The molecule has 15 heavy (non-hydrogen) atoms. The van der Waals surface area contributed by atoms with Crippen molar-refractivity contribution in [2.75, 3.05) is 0 Å². The first-order chi connectivity index (χ1) is 7.18. The summed E-state index contributed by atoms with van der Waals surface area (Å²) >= 11 is 1.32. The van der Waals surface area contributed by atoms with Crippen molar-refractivity contribution in [3.05, 3.63) is 34.7 Å². The second-order valence-corrected chi connectivity index (χ2v) is 3.99. The van der Waals surface area contributed by atoms with Crippen LogP contribution in [0.1, 0.15) is 29.1 Å². The highest BCUT2D eigenvalue weighted by molar-refractivity contribution is 7.20. The summed E-state index contributed by atoms with van der Waals surface area (Å²) in [7, 11) is 0. The predicted molar refractivity (Wildman–Crippen MR) is 64.9 cm³/mol. The SMILES string of the molecule is CC.Cc1cccc2sc(C(=O)O)cc12. The van der Waals surface area contributed by atoms with Crippen LogP contribution >= 0.6 is 11.3 Å². The van der Waals surface area contributed by atoms with Gasteiger partial charge in [-0.1, -0.05) is 26.0 Å². The minimum atomic E-state index is -0.847. The molecule has 1 N–H and O–H groups in total. The first-order valence-corrected chi connectivity index (χ1v) is 5.72. The largest absolute Gasteiger partial charge is 0.477 e. The first-order valence-electron chi connectivity index (χ1n) is 4.91. The molecule has 0 saturated heterocycles. The van der Waals surface area contributed by atoms with E-state index in [2.05, 4.69) is 0 Å². The van der Waals surface area contributed by atoms with Crippen molar-refractivity contribution in [3.63, 3.8) is 0 Å². The van der Waals surface area contributed by atoms with Gasteiger partial charge in [-0.3, -0.25) is 0 Å². The van der Waals surface area contributed by atoms with Crippen molar-refractivity contribution < 1.29 is 9.90 Å². The molecule has 0 amide bonds. The van der Waals surface area contributed by atoms with Crippen LogP contribution in [0.5, 0.6) is 0 Å². The van der Waals surface area contributed by atoms with Gasteiger partial charge in [0.05, 0.1) is 0 Å². The molecule has 1 heterocycles. The molecule has 0 unspecified atom stereocenters. The van der Waals surface area contributed by atoms with Gasteiger partial charge in [0.15, 0.2) is 0 Å². The van der Waals surface area contributed by atoms with Crippen LogP contribution in [0.15, 0.2) is 24.3 Å². The normalized spacial score (nSPS) is 9.53. The fourth-order valence-electron chi connectivity index (χ4n) is 1.31. The number of thiophene rings is 1. The van der Waals surface area contributed by atoms with E-state index >= 15 is 0 Å². The minimum absolute atomic E-state index is 0.407. The van der Waals surface area contributed by atoms with Gasteiger partial charge in [-0.05, 0) is 30.0 Å². The van der Waals surface area contributed by atoms with Crippen molar-refractivity contribution in [2.45, 2.75) is 20.8 Å². The lowest BCUT2D eigenvalue weighted by Gasteiger charge is -1.91. The highest BCUT2D eigenvalue weighted by Crippen LogP contribution is 2.27. The topological polar surface area (TPSA) is 37.3 Å². The Kier molecular flexibility index (Phi) is 3.86. The Hall–Kier alpha value is -1.35. The molecule has 2 nitrogen and oxygen atoms in total. The molecule has 2 rings (SSSR count).